The van der Waals surface area contributed by atoms with Crippen molar-refractivity contribution in [2.24, 2.45) is 0 Å². The van der Waals surface area contributed by atoms with E-state index in [1.54, 1.807) is 0 Å². The van der Waals surface area contributed by atoms with Gasteiger partial charge in [-0.1, -0.05) is 50.6 Å². The molecule has 152 valence electrons. The van der Waals surface area contributed by atoms with Gasteiger partial charge in [0.05, 0.1) is 5.39 Å². The molecule has 0 saturated heterocycles. The van der Waals surface area contributed by atoms with Crippen molar-refractivity contribution < 1.29 is 4.79 Å². The summed E-state index contributed by atoms with van der Waals surface area (Å²) in [6.45, 7) is 8.34. The van der Waals surface area contributed by atoms with Crippen LogP contribution in [0.3, 0.4) is 0 Å². The summed E-state index contributed by atoms with van der Waals surface area (Å²) in [7, 11) is 0. The Hall–Kier alpha value is -3.67. The van der Waals surface area contributed by atoms with Gasteiger partial charge in [-0.3, -0.25) is 9.89 Å². The number of aryl methyl sites for hydroxylation is 1. The topological polar surface area (TPSA) is 96.7 Å². The molecule has 0 radical (unpaired) electrons. The first-order valence-corrected chi connectivity index (χ1v) is 9.86. The molecular weight excluding hydrogens is 374 g/mol. The molecule has 1 amide bonds. The highest BCUT2D eigenvalue weighted by atomic mass is 16.1. The van der Waals surface area contributed by atoms with Gasteiger partial charge in [0.25, 0.3) is 5.91 Å². The highest BCUT2D eigenvalue weighted by molar-refractivity contribution is 6.04. The molecule has 0 aliphatic heterocycles. The number of benzene rings is 2. The Morgan fingerprint density at radius 2 is 1.70 bits per heavy atom. The zero-order chi connectivity index (χ0) is 21.5. The summed E-state index contributed by atoms with van der Waals surface area (Å²) < 4.78 is 0. The fourth-order valence-electron chi connectivity index (χ4n) is 3.30. The number of amides is 1. The lowest BCUT2D eigenvalue weighted by Crippen LogP contribution is -2.14. The average Bonchev–Trinajstić information content (AvgIpc) is 3.09. The van der Waals surface area contributed by atoms with Gasteiger partial charge in [-0.05, 0) is 48.4 Å². The van der Waals surface area contributed by atoms with Gasteiger partial charge < -0.3 is 11.1 Å². The molecule has 0 aliphatic carbocycles. The summed E-state index contributed by atoms with van der Waals surface area (Å²) >= 11 is 0. The van der Waals surface area contributed by atoms with E-state index in [1.807, 2.05) is 55.5 Å². The Kier molecular flexibility index (Phi) is 4.78. The number of carbonyl (C=O) groups is 1. The molecule has 30 heavy (non-hydrogen) atoms. The number of nitrogens with one attached hydrogen (secondary N) is 2. The number of hydrogen-bond acceptors (Lipinski definition) is 4. The second-order valence-electron chi connectivity index (χ2n) is 8.54. The number of anilines is 2. The van der Waals surface area contributed by atoms with E-state index in [4.69, 9.17) is 5.73 Å². The van der Waals surface area contributed by atoms with Crippen LogP contribution in [0, 0.1) is 6.92 Å². The lowest BCUT2D eigenvalue weighted by Gasteiger charge is -2.19. The van der Waals surface area contributed by atoms with Gasteiger partial charge in [0.2, 0.25) is 0 Å². The zero-order valence-corrected chi connectivity index (χ0v) is 17.6. The first kappa shape index (κ1) is 19.6. The molecule has 0 bridgehead atoms. The number of aromatic amines is 1. The second-order valence-corrected chi connectivity index (χ2v) is 8.54. The first-order chi connectivity index (χ1) is 14.2. The van der Waals surface area contributed by atoms with Gasteiger partial charge >= 0.3 is 0 Å². The fraction of sp³-hybridized carbons (Fsp3) is 0.208. The van der Waals surface area contributed by atoms with Crippen molar-refractivity contribution in [3.63, 3.8) is 0 Å². The molecule has 6 heteroatoms. The molecule has 2 heterocycles. The molecule has 2 aromatic heterocycles. The molecule has 0 unspecified atom stereocenters. The highest BCUT2D eigenvalue weighted by Gasteiger charge is 2.21. The van der Waals surface area contributed by atoms with Crippen LogP contribution in [0.25, 0.3) is 22.2 Å². The molecule has 2 aromatic carbocycles. The Morgan fingerprint density at radius 1 is 1.03 bits per heavy atom. The Labute approximate surface area is 175 Å². The van der Waals surface area contributed by atoms with Crippen molar-refractivity contribution in [2.75, 3.05) is 11.1 Å². The SMILES string of the molecule is Cc1ccc(C(=O)Nc2ccc(-c3cc(C(C)(C)C)nc4n[nH]c(N)c34)cc2)cc1. The van der Waals surface area contributed by atoms with Crippen molar-refractivity contribution in [3.05, 3.63) is 71.4 Å². The summed E-state index contributed by atoms with van der Waals surface area (Å²) in [5.41, 5.74) is 12.0. The van der Waals surface area contributed by atoms with E-state index >= 15 is 0 Å². The summed E-state index contributed by atoms with van der Waals surface area (Å²) in [6, 6.07) is 17.3. The molecule has 0 saturated carbocycles. The summed E-state index contributed by atoms with van der Waals surface area (Å²) in [4.78, 5) is 17.1. The van der Waals surface area contributed by atoms with E-state index < -0.39 is 0 Å². The number of nitrogens with zero attached hydrogens (tertiary/aromatic N) is 2. The van der Waals surface area contributed by atoms with Gasteiger partial charge in [0, 0.05) is 22.4 Å². The van der Waals surface area contributed by atoms with Crippen molar-refractivity contribution in [3.8, 4) is 11.1 Å². The number of nitrogens with two attached hydrogens (primary N) is 1. The zero-order valence-electron chi connectivity index (χ0n) is 17.6. The lowest BCUT2D eigenvalue weighted by atomic mass is 9.89. The number of hydrogen-bond donors (Lipinski definition) is 3. The molecule has 0 aliphatic rings. The minimum Gasteiger partial charge on any atom is -0.383 e. The van der Waals surface area contributed by atoms with Gasteiger partial charge in [0.1, 0.15) is 5.82 Å². The van der Waals surface area contributed by atoms with Crippen molar-refractivity contribution in [1.29, 1.82) is 0 Å². The number of aromatic nitrogens is 3. The van der Waals surface area contributed by atoms with Gasteiger partial charge in [-0.15, -0.1) is 0 Å². The van der Waals surface area contributed by atoms with Gasteiger partial charge in [-0.25, -0.2) is 4.98 Å². The summed E-state index contributed by atoms with van der Waals surface area (Å²) in [5, 5.41) is 10.8. The quantitative estimate of drug-likeness (QED) is 0.448. The third-order valence-corrected chi connectivity index (χ3v) is 5.09. The molecular formula is C24H25N5O. The van der Waals surface area contributed by atoms with E-state index in [2.05, 4.69) is 47.3 Å². The van der Waals surface area contributed by atoms with Crippen LogP contribution in [-0.2, 0) is 5.41 Å². The number of rotatable bonds is 3. The molecule has 0 spiro atoms. The third kappa shape index (κ3) is 3.76. The average molecular weight is 399 g/mol. The molecule has 6 nitrogen and oxygen atoms in total. The Morgan fingerprint density at radius 3 is 2.33 bits per heavy atom. The van der Waals surface area contributed by atoms with Crippen molar-refractivity contribution >= 4 is 28.4 Å². The standard InChI is InChI=1S/C24H25N5O/c1-14-5-7-16(8-6-14)23(30)26-17-11-9-15(10-12-17)18-13-19(24(2,3)4)27-22-20(18)21(25)28-29-22/h5-13H,1-4H3,(H,26,30)(H3,25,27,28,29). The monoisotopic (exact) mass is 399 g/mol. The first-order valence-electron chi connectivity index (χ1n) is 9.86. The fourth-order valence-corrected chi connectivity index (χ4v) is 3.30. The van der Waals surface area contributed by atoms with Crippen LogP contribution < -0.4 is 11.1 Å². The predicted octanol–water partition coefficient (Wildman–Crippen LogP) is 5.07. The van der Waals surface area contributed by atoms with E-state index in [-0.39, 0.29) is 11.3 Å². The Balaban J connectivity index is 1.67. The number of carbonyl (C=O) groups excluding carboxylic acids is 1. The van der Waals surface area contributed by atoms with E-state index in [1.165, 1.54) is 0 Å². The van der Waals surface area contributed by atoms with E-state index in [0.717, 1.165) is 33.5 Å². The lowest BCUT2D eigenvalue weighted by molar-refractivity contribution is 0.102. The maximum atomic E-state index is 12.5. The molecule has 4 N–H and O–H groups in total. The van der Waals surface area contributed by atoms with E-state index in [9.17, 15) is 4.79 Å². The maximum absolute atomic E-state index is 12.5. The normalized spacial score (nSPS) is 11.6. The van der Waals surface area contributed by atoms with Crippen LogP contribution in [0.2, 0.25) is 0 Å². The minimum absolute atomic E-state index is 0.126. The van der Waals surface area contributed by atoms with Crippen LogP contribution in [0.1, 0.15) is 42.4 Å². The Bertz CT molecular complexity index is 1220. The molecule has 4 rings (SSSR count). The van der Waals surface area contributed by atoms with Gasteiger partial charge in [-0.2, -0.15) is 5.10 Å². The predicted molar refractivity (Wildman–Crippen MR) is 122 cm³/mol. The largest absolute Gasteiger partial charge is 0.383 e. The minimum atomic E-state index is -0.136. The van der Waals surface area contributed by atoms with Crippen molar-refractivity contribution in [1.82, 2.24) is 15.2 Å². The van der Waals surface area contributed by atoms with Crippen LogP contribution >= 0.6 is 0 Å². The molecule has 4 aromatic rings. The second kappa shape index (κ2) is 7.30. The summed E-state index contributed by atoms with van der Waals surface area (Å²) in [6.07, 6.45) is 0. The van der Waals surface area contributed by atoms with Crippen LogP contribution in [0.5, 0.6) is 0 Å². The number of nitrogen functional groups attached to an aromatic ring is 1. The van der Waals surface area contributed by atoms with Crippen LogP contribution in [0.4, 0.5) is 11.5 Å². The highest BCUT2D eigenvalue weighted by Crippen LogP contribution is 2.34. The molecule has 0 atom stereocenters. The number of fused-ring (bicyclic) bond motifs is 1. The molecule has 0 fully saturated rings. The third-order valence-electron chi connectivity index (χ3n) is 5.09. The maximum Gasteiger partial charge on any atom is 0.255 e. The summed E-state index contributed by atoms with van der Waals surface area (Å²) in [5.74, 6) is 0.354. The van der Waals surface area contributed by atoms with Crippen LogP contribution in [0.15, 0.2) is 54.6 Å². The van der Waals surface area contributed by atoms with Crippen molar-refractivity contribution in [2.45, 2.75) is 33.1 Å². The smallest absolute Gasteiger partial charge is 0.255 e. The van der Waals surface area contributed by atoms with Gasteiger partial charge in [0.15, 0.2) is 5.65 Å². The number of H-pyrrole nitrogens is 1. The number of pyridine rings is 1. The van der Waals surface area contributed by atoms with Crippen LogP contribution in [-0.4, -0.2) is 21.1 Å². The van der Waals surface area contributed by atoms with E-state index in [0.29, 0.717) is 17.0 Å².